The molecular weight excluding hydrogens is 291 g/mol. The van der Waals surface area contributed by atoms with E-state index in [1.807, 2.05) is 0 Å². The molecule has 2 N–H and O–H groups in total. The lowest BCUT2D eigenvalue weighted by Crippen LogP contribution is -2.18. The highest BCUT2D eigenvalue weighted by molar-refractivity contribution is 7.54. The molecule has 0 unspecified atom stereocenters. The van der Waals surface area contributed by atoms with E-state index in [2.05, 4.69) is 0 Å². The van der Waals surface area contributed by atoms with Crippen molar-refractivity contribution in [3.8, 4) is 5.75 Å². The minimum Gasteiger partial charge on any atom is -0.497 e. The van der Waals surface area contributed by atoms with E-state index in [4.69, 9.17) is 19.5 Å². The number of benzene rings is 1. The molecule has 0 saturated carbocycles. The topological polar surface area (TPSA) is 70.8 Å². The van der Waals surface area contributed by atoms with E-state index < -0.39 is 30.6 Å². The van der Waals surface area contributed by atoms with Gasteiger partial charge in [-0.1, -0.05) is 0 Å². The van der Waals surface area contributed by atoms with Gasteiger partial charge in [-0.05, 0) is 13.8 Å². The van der Waals surface area contributed by atoms with Crippen LogP contribution in [0.3, 0.4) is 0 Å². The number of ether oxygens (including phenoxy) is 1. The summed E-state index contributed by atoms with van der Waals surface area (Å²) in [6.45, 7) is 3.26. The van der Waals surface area contributed by atoms with Crippen LogP contribution in [0.15, 0.2) is 12.1 Å². The normalized spacial score (nSPS) is 13.3. The predicted molar refractivity (Wildman–Crippen MR) is 70.7 cm³/mol. The Bertz CT molecular complexity index is 479. The summed E-state index contributed by atoms with van der Waals surface area (Å²) in [7, 11) is -2.58. The minimum absolute atomic E-state index is 0.00129. The highest BCUT2D eigenvalue weighted by Gasteiger charge is 2.37. The molecule has 0 aliphatic carbocycles. The highest BCUT2D eigenvalue weighted by Crippen LogP contribution is 2.59. The Balaban J connectivity index is 3.25. The van der Waals surface area contributed by atoms with Crippen LogP contribution in [0.25, 0.3) is 0 Å². The fourth-order valence-electron chi connectivity index (χ4n) is 1.68. The summed E-state index contributed by atoms with van der Waals surface area (Å²) in [5.74, 6) is -3.48. The number of methoxy groups -OCH3 is 1. The van der Waals surface area contributed by atoms with Crippen LogP contribution in [0, 0.1) is 11.6 Å². The Hall–Kier alpha value is -1.01. The van der Waals surface area contributed by atoms with E-state index >= 15 is 0 Å². The van der Waals surface area contributed by atoms with E-state index in [0.717, 1.165) is 12.1 Å². The van der Waals surface area contributed by atoms with Crippen molar-refractivity contribution in [2.75, 3.05) is 20.3 Å². The first-order chi connectivity index (χ1) is 9.39. The molecule has 0 aliphatic heterocycles. The molecule has 0 amide bonds. The Kier molecular flexibility index (Phi) is 6.07. The maximum absolute atomic E-state index is 13.9. The monoisotopic (exact) mass is 309 g/mol. The second kappa shape index (κ2) is 7.13. The number of halogens is 2. The molecule has 8 heteroatoms. The largest absolute Gasteiger partial charge is 0.497 e. The van der Waals surface area contributed by atoms with Gasteiger partial charge in [0.1, 0.15) is 23.2 Å². The van der Waals surface area contributed by atoms with Crippen molar-refractivity contribution < 1.29 is 27.1 Å². The number of nitrogens with two attached hydrogens (primary N) is 1. The van der Waals surface area contributed by atoms with Gasteiger partial charge in [0.2, 0.25) is 0 Å². The molecule has 0 aromatic heterocycles. The highest BCUT2D eigenvalue weighted by atomic mass is 31.2. The molecule has 1 rings (SSSR count). The third-order valence-electron chi connectivity index (χ3n) is 2.54. The van der Waals surface area contributed by atoms with Crippen LogP contribution < -0.4 is 10.5 Å². The molecule has 0 saturated heterocycles. The number of hydrogen-bond acceptors (Lipinski definition) is 5. The first kappa shape index (κ1) is 17.0. The zero-order chi connectivity index (χ0) is 15.3. The summed E-state index contributed by atoms with van der Waals surface area (Å²) in [5.41, 5.74) is 5.16. The first-order valence-electron chi connectivity index (χ1n) is 6.06. The van der Waals surface area contributed by atoms with Crippen molar-refractivity contribution in [3.63, 3.8) is 0 Å². The van der Waals surface area contributed by atoms with Crippen LogP contribution in [0.1, 0.15) is 25.2 Å². The molecule has 0 spiro atoms. The molecular formula is C12H18F2NO4P. The van der Waals surface area contributed by atoms with Crippen LogP contribution in [0.4, 0.5) is 8.78 Å². The van der Waals surface area contributed by atoms with Gasteiger partial charge in [-0.3, -0.25) is 4.57 Å². The average Bonchev–Trinajstić information content (AvgIpc) is 2.38. The Morgan fingerprint density at radius 2 is 1.65 bits per heavy atom. The SMILES string of the molecule is CCOP(=O)(OCC)[C@@H](N)c1c(F)cc(OC)cc1F. The zero-order valence-corrected chi connectivity index (χ0v) is 12.5. The molecule has 114 valence electrons. The van der Waals surface area contributed by atoms with Gasteiger partial charge in [-0.25, -0.2) is 8.78 Å². The van der Waals surface area contributed by atoms with Crippen molar-refractivity contribution in [2.45, 2.75) is 19.6 Å². The predicted octanol–water partition coefficient (Wildman–Crippen LogP) is 3.20. The van der Waals surface area contributed by atoms with Gasteiger partial charge in [-0.2, -0.15) is 0 Å². The number of hydrogen-bond donors (Lipinski definition) is 1. The van der Waals surface area contributed by atoms with E-state index in [0.29, 0.717) is 0 Å². The van der Waals surface area contributed by atoms with Gasteiger partial charge in [0.25, 0.3) is 0 Å². The van der Waals surface area contributed by atoms with Gasteiger partial charge < -0.3 is 19.5 Å². The molecule has 20 heavy (non-hydrogen) atoms. The smallest absolute Gasteiger partial charge is 0.351 e. The minimum atomic E-state index is -3.85. The maximum atomic E-state index is 13.9. The first-order valence-corrected chi connectivity index (χ1v) is 7.68. The third kappa shape index (κ3) is 3.55. The fraction of sp³-hybridized carbons (Fsp3) is 0.500. The average molecular weight is 309 g/mol. The molecule has 1 atom stereocenters. The summed E-state index contributed by atoms with van der Waals surface area (Å²) >= 11 is 0. The fourth-order valence-corrected chi connectivity index (χ4v) is 3.36. The number of rotatable bonds is 7. The zero-order valence-electron chi connectivity index (χ0n) is 11.6. The van der Waals surface area contributed by atoms with Gasteiger partial charge in [0.15, 0.2) is 0 Å². The molecule has 0 aliphatic rings. The molecule has 0 heterocycles. The standard InChI is InChI=1S/C12H18F2NO4P/c1-4-18-20(16,19-5-2)12(15)11-9(13)6-8(17-3)7-10(11)14/h6-7,12H,4-5,15H2,1-3H3/t12-/m1/s1. The van der Waals surface area contributed by atoms with Gasteiger partial charge in [0.05, 0.1) is 25.9 Å². The van der Waals surface area contributed by atoms with Crippen molar-refractivity contribution in [3.05, 3.63) is 29.3 Å². The van der Waals surface area contributed by atoms with Crippen LogP contribution in [-0.2, 0) is 13.6 Å². The molecule has 0 fully saturated rings. The Morgan fingerprint density at radius 1 is 1.20 bits per heavy atom. The summed E-state index contributed by atoms with van der Waals surface area (Å²) in [6.07, 6.45) is 0. The summed E-state index contributed by atoms with van der Waals surface area (Å²) in [4.78, 5) is 0. The summed E-state index contributed by atoms with van der Waals surface area (Å²) in [5, 5.41) is 0. The molecule has 1 aromatic rings. The summed E-state index contributed by atoms with van der Waals surface area (Å²) < 4.78 is 55.0. The van der Waals surface area contributed by atoms with E-state index in [1.165, 1.54) is 7.11 Å². The van der Waals surface area contributed by atoms with Gasteiger partial charge in [0, 0.05) is 12.1 Å². The van der Waals surface area contributed by atoms with Crippen molar-refractivity contribution in [2.24, 2.45) is 5.73 Å². The Morgan fingerprint density at radius 3 is 2.00 bits per heavy atom. The quantitative estimate of drug-likeness (QED) is 0.783. The molecule has 0 radical (unpaired) electrons. The van der Waals surface area contributed by atoms with Crippen LogP contribution in [0.2, 0.25) is 0 Å². The van der Waals surface area contributed by atoms with Crippen LogP contribution >= 0.6 is 7.60 Å². The lowest BCUT2D eigenvalue weighted by Gasteiger charge is -2.24. The van der Waals surface area contributed by atoms with E-state index in [9.17, 15) is 13.3 Å². The van der Waals surface area contributed by atoms with Crippen LogP contribution in [-0.4, -0.2) is 20.3 Å². The third-order valence-corrected chi connectivity index (χ3v) is 4.72. The van der Waals surface area contributed by atoms with Crippen LogP contribution in [0.5, 0.6) is 5.75 Å². The van der Waals surface area contributed by atoms with Gasteiger partial charge in [-0.15, -0.1) is 0 Å². The van der Waals surface area contributed by atoms with Crippen molar-refractivity contribution >= 4 is 7.60 Å². The van der Waals surface area contributed by atoms with E-state index in [-0.39, 0.29) is 19.0 Å². The Labute approximate surface area is 116 Å². The molecule has 0 bridgehead atoms. The van der Waals surface area contributed by atoms with E-state index in [1.54, 1.807) is 13.8 Å². The lowest BCUT2D eigenvalue weighted by atomic mass is 10.2. The maximum Gasteiger partial charge on any atom is 0.351 e. The lowest BCUT2D eigenvalue weighted by molar-refractivity contribution is 0.211. The van der Waals surface area contributed by atoms with Gasteiger partial charge >= 0.3 is 7.60 Å². The van der Waals surface area contributed by atoms with Crippen molar-refractivity contribution in [1.82, 2.24) is 0 Å². The molecule has 5 nitrogen and oxygen atoms in total. The van der Waals surface area contributed by atoms with Crippen molar-refractivity contribution in [1.29, 1.82) is 0 Å². The molecule has 1 aromatic carbocycles. The summed E-state index contributed by atoms with van der Waals surface area (Å²) in [6, 6.07) is 1.92. The second-order valence-electron chi connectivity index (χ2n) is 3.82. The second-order valence-corrected chi connectivity index (χ2v) is 5.98.